The molecule has 0 aliphatic carbocycles. The SMILES string of the molecule is Cc1[nH]c2c(CN)cccc2c1-c1nncc(NCc2ccccc2)n1. The fourth-order valence-corrected chi connectivity index (χ4v) is 3.15. The Morgan fingerprint density at radius 1 is 1.08 bits per heavy atom. The van der Waals surface area contributed by atoms with Gasteiger partial charge in [0, 0.05) is 29.7 Å². The summed E-state index contributed by atoms with van der Waals surface area (Å²) in [5, 5.41) is 12.8. The van der Waals surface area contributed by atoms with Gasteiger partial charge in [-0.1, -0.05) is 48.5 Å². The predicted octanol–water partition coefficient (Wildman–Crippen LogP) is 3.40. The van der Waals surface area contributed by atoms with E-state index >= 15 is 0 Å². The minimum Gasteiger partial charge on any atom is -0.365 e. The summed E-state index contributed by atoms with van der Waals surface area (Å²) in [5.41, 5.74) is 11.1. The number of para-hydroxylation sites is 1. The molecule has 0 saturated carbocycles. The molecule has 0 amide bonds. The number of hydrogen-bond acceptors (Lipinski definition) is 5. The Hall–Kier alpha value is -3.25. The monoisotopic (exact) mass is 344 g/mol. The lowest BCUT2D eigenvalue weighted by Crippen LogP contribution is -2.04. The molecule has 0 fully saturated rings. The van der Waals surface area contributed by atoms with E-state index in [2.05, 4.69) is 43.7 Å². The Labute approximate surface area is 151 Å². The van der Waals surface area contributed by atoms with Crippen molar-refractivity contribution >= 4 is 16.7 Å². The Morgan fingerprint density at radius 2 is 1.92 bits per heavy atom. The molecule has 0 spiro atoms. The highest BCUT2D eigenvalue weighted by Crippen LogP contribution is 2.31. The lowest BCUT2D eigenvalue weighted by molar-refractivity contribution is 0.966. The van der Waals surface area contributed by atoms with Crippen LogP contribution >= 0.6 is 0 Å². The van der Waals surface area contributed by atoms with Gasteiger partial charge in [-0.15, -0.1) is 5.10 Å². The van der Waals surface area contributed by atoms with Gasteiger partial charge < -0.3 is 16.0 Å². The van der Waals surface area contributed by atoms with Crippen molar-refractivity contribution in [2.24, 2.45) is 5.73 Å². The maximum absolute atomic E-state index is 5.86. The number of aromatic amines is 1. The molecule has 0 saturated heterocycles. The molecule has 0 aliphatic rings. The van der Waals surface area contributed by atoms with E-state index in [9.17, 15) is 0 Å². The molecule has 2 aromatic heterocycles. The zero-order valence-electron chi connectivity index (χ0n) is 14.5. The highest BCUT2D eigenvalue weighted by atomic mass is 15.2. The van der Waals surface area contributed by atoms with Crippen molar-refractivity contribution in [2.75, 3.05) is 5.32 Å². The molecular formula is C20H20N6. The van der Waals surface area contributed by atoms with Crippen LogP contribution in [0.15, 0.2) is 54.7 Å². The van der Waals surface area contributed by atoms with E-state index in [4.69, 9.17) is 5.73 Å². The lowest BCUT2D eigenvalue weighted by Gasteiger charge is -2.07. The largest absolute Gasteiger partial charge is 0.365 e. The molecule has 0 radical (unpaired) electrons. The van der Waals surface area contributed by atoms with E-state index in [1.807, 2.05) is 37.3 Å². The first kappa shape index (κ1) is 16.2. The van der Waals surface area contributed by atoms with Gasteiger partial charge in [0.2, 0.25) is 0 Å². The minimum atomic E-state index is 0.481. The maximum Gasteiger partial charge on any atom is 0.186 e. The third-order valence-corrected chi connectivity index (χ3v) is 4.43. The van der Waals surface area contributed by atoms with Crippen LogP contribution in [0.4, 0.5) is 5.82 Å². The smallest absolute Gasteiger partial charge is 0.186 e. The summed E-state index contributed by atoms with van der Waals surface area (Å²) in [6, 6.07) is 16.3. The number of rotatable bonds is 5. The molecule has 26 heavy (non-hydrogen) atoms. The van der Waals surface area contributed by atoms with Crippen molar-refractivity contribution in [1.29, 1.82) is 0 Å². The number of hydrogen-bond donors (Lipinski definition) is 3. The number of nitrogens with two attached hydrogens (primary N) is 1. The second-order valence-corrected chi connectivity index (χ2v) is 6.17. The first-order chi connectivity index (χ1) is 12.8. The summed E-state index contributed by atoms with van der Waals surface area (Å²) in [4.78, 5) is 8.07. The van der Waals surface area contributed by atoms with Crippen LogP contribution in [0.3, 0.4) is 0 Å². The van der Waals surface area contributed by atoms with Crippen LogP contribution in [0, 0.1) is 6.92 Å². The zero-order chi connectivity index (χ0) is 17.9. The van der Waals surface area contributed by atoms with Gasteiger partial charge in [-0.05, 0) is 18.1 Å². The van der Waals surface area contributed by atoms with Crippen LogP contribution in [0.2, 0.25) is 0 Å². The first-order valence-electron chi connectivity index (χ1n) is 8.54. The highest BCUT2D eigenvalue weighted by molar-refractivity contribution is 5.97. The third kappa shape index (κ3) is 3.02. The van der Waals surface area contributed by atoms with E-state index in [1.165, 1.54) is 5.56 Å². The van der Waals surface area contributed by atoms with Gasteiger partial charge >= 0.3 is 0 Å². The fourth-order valence-electron chi connectivity index (χ4n) is 3.15. The van der Waals surface area contributed by atoms with Gasteiger partial charge in [0.15, 0.2) is 5.82 Å². The maximum atomic E-state index is 5.86. The number of aryl methyl sites for hydroxylation is 1. The summed E-state index contributed by atoms with van der Waals surface area (Å²) in [5.74, 6) is 1.29. The van der Waals surface area contributed by atoms with Crippen LogP contribution in [-0.2, 0) is 13.1 Å². The Balaban J connectivity index is 1.69. The second kappa shape index (κ2) is 6.93. The van der Waals surface area contributed by atoms with E-state index in [0.717, 1.165) is 27.7 Å². The molecular weight excluding hydrogens is 324 g/mol. The third-order valence-electron chi connectivity index (χ3n) is 4.43. The number of aromatic nitrogens is 4. The molecule has 0 aliphatic heterocycles. The number of anilines is 1. The first-order valence-corrected chi connectivity index (χ1v) is 8.54. The number of nitrogens with one attached hydrogen (secondary N) is 2. The predicted molar refractivity (Wildman–Crippen MR) is 104 cm³/mol. The quantitative estimate of drug-likeness (QED) is 0.516. The van der Waals surface area contributed by atoms with E-state index in [-0.39, 0.29) is 0 Å². The summed E-state index contributed by atoms with van der Waals surface area (Å²) in [6.07, 6.45) is 1.64. The van der Waals surface area contributed by atoms with Crippen molar-refractivity contribution < 1.29 is 0 Å². The summed E-state index contributed by atoms with van der Waals surface area (Å²) in [6.45, 7) is 3.18. The van der Waals surface area contributed by atoms with Crippen LogP contribution in [0.25, 0.3) is 22.3 Å². The second-order valence-electron chi connectivity index (χ2n) is 6.17. The van der Waals surface area contributed by atoms with Gasteiger partial charge in [0.25, 0.3) is 0 Å². The zero-order valence-corrected chi connectivity index (χ0v) is 14.5. The standard InChI is InChI=1S/C20H20N6/c1-13-18(16-9-5-8-15(10-21)19(16)24-13)20-25-17(12-23-26-20)22-11-14-6-3-2-4-7-14/h2-9,12,24H,10-11,21H2,1H3,(H,22,25,26). The Bertz CT molecular complexity index is 1040. The normalized spacial score (nSPS) is 11.0. The van der Waals surface area contributed by atoms with Crippen molar-refractivity contribution in [3.05, 3.63) is 71.5 Å². The van der Waals surface area contributed by atoms with Crippen LogP contribution in [0.1, 0.15) is 16.8 Å². The van der Waals surface area contributed by atoms with Gasteiger partial charge in [0.05, 0.1) is 11.7 Å². The Morgan fingerprint density at radius 3 is 2.73 bits per heavy atom. The summed E-state index contributed by atoms with van der Waals surface area (Å²) < 4.78 is 0. The number of benzene rings is 2. The van der Waals surface area contributed by atoms with Gasteiger partial charge in [-0.25, -0.2) is 4.98 Å². The molecule has 0 unspecified atom stereocenters. The molecule has 4 aromatic rings. The lowest BCUT2D eigenvalue weighted by atomic mass is 10.1. The summed E-state index contributed by atoms with van der Waals surface area (Å²) >= 11 is 0. The Kier molecular flexibility index (Phi) is 4.33. The number of fused-ring (bicyclic) bond motifs is 1. The van der Waals surface area contributed by atoms with E-state index < -0.39 is 0 Å². The molecule has 6 nitrogen and oxygen atoms in total. The minimum absolute atomic E-state index is 0.481. The van der Waals surface area contributed by atoms with Gasteiger partial charge in [0.1, 0.15) is 5.82 Å². The van der Waals surface area contributed by atoms with E-state index in [0.29, 0.717) is 24.7 Å². The number of H-pyrrole nitrogens is 1. The molecule has 130 valence electrons. The van der Waals surface area contributed by atoms with Crippen LogP contribution in [-0.4, -0.2) is 20.2 Å². The summed E-state index contributed by atoms with van der Waals surface area (Å²) in [7, 11) is 0. The average Bonchev–Trinajstić information content (AvgIpc) is 3.03. The van der Waals surface area contributed by atoms with Gasteiger partial charge in [-0.3, -0.25) is 0 Å². The molecule has 2 heterocycles. The topological polar surface area (TPSA) is 92.5 Å². The molecule has 4 rings (SSSR count). The molecule has 6 heteroatoms. The van der Waals surface area contributed by atoms with Crippen LogP contribution in [0.5, 0.6) is 0 Å². The van der Waals surface area contributed by atoms with Crippen molar-refractivity contribution in [1.82, 2.24) is 20.2 Å². The number of nitrogens with zero attached hydrogens (tertiary/aromatic N) is 3. The van der Waals surface area contributed by atoms with E-state index in [1.54, 1.807) is 6.20 Å². The fraction of sp³-hybridized carbons (Fsp3) is 0.150. The highest BCUT2D eigenvalue weighted by Gasteiger charge is 2.15. The molecule has 0 bridgehead atoms. The van der Waals surface area contributed by atoms with Crippen LogP contribution < -0.4 is 11.1 Å². The van der Waals surface area contributed by atoms with Crippen molar-refractivity contribution in [2.45, 2.75) is 20.0 Å². The molecule has 4 N–H and O–H groups in total. The van der Waals surface area contributed by atoms with Crippen molar-refractivity contribution in [3.8, 4) is 11.4 Å². The molecule has 2 aromatic carbocycles. The van der Waals surface area contributed by atoms with Crippen molar-refractivity contribution in [3.63, 3.8) is 0 Å². The average molecular weight is 344 g/mol. The molecule has 0 atom stereocenters. The van der Waals surface area contributed by atoms with Gasteiger partial charge in [-0.2, -0.15) is 5.10 Å².